The Balaban J connectivity index is 3.07. The number of aromatic nitrogens is 2. The van der Waals surface area contributed by atoms with Crippen molar-refractivity contribution in [2.24, 2.45) is 0 Å². The summed E-state index contributed by atoms with van der Waals surface area (Å²) in [7, 11) is 0. The van der Waals surface area contributed by atoms with Crippen molar-refractivity contribution in [3.8, 4) is 0 Å². The molecule has 0 amide bonds. The lowest BCUT2D eigenvalue weighted by molar-refractivity contribution is 0.632. The van der Waals surface area contributed by atoms with Gasteiger partial charge in [-0.3, -0.25) is 4.79 Å². The summed E-state index contributed by atoms with van der Waals surface area (Å²) in [6, 6.07) is 0. The summed E-state index contributed by atoms with van der Waals surface area (Å²) >= 11 is 3.92. The van der Waals surface area contributed by atoms with Gasteiger partial charge >= 0.3 is 0 Å². The second kappa shape index (κ2) is 3.57. The van der Waals surface area contributed by atoms with Crippen molar-refractivity contribution >= 4 is 12.6 Å². The van der Waals surface area contributed by atoms with Crippen LogP contribution in [0.5, 0.6) is 0 Å². The van der Waals surface area contributed by atoms with Gasteiger partial charge in [-0.25, -0.2) is 4.98 Å². The molecular weight excluding hydrogens is 160 g/mol. The fourth-order valence-electron chi connectivity index (χ4n) is 0.853. The van der Waals surface area contributed by atoms with E-state index < -0.39 is 0 Å². The zero-order valence-corrected chi connectivity index (χ0v) is 7.21. The summed E-state index contributed by atoms with van der Waals surface area (Å²) in [5, 5.41) is 0.265. The fourth-order valence-corrected chi connectivity index (χ4v) is 1.05. The second-order valence-corrected chi connectivity index (χ2v) is 2.67. The fraction of sp³-hybridized carbons (Fsp3) is 0.429. The highest BCUT2D eigenvalue weighted by Crippen LogP contribution is 1.91. The molecule has 0 atom stereocenters. The van der Waals surface area contributed by atoms with Crippen molar-refractivity contribution in [2.75, 3.05) is 0 Å². The van der Waals surface area contributed by atoms with Crippen LogP contribution in [0, 0.1) is 0 Å². The highest BCUT2D eigenvalue weighted by atomic mass is 32.1. The van der Waals surface area contributed by atoms with Crippen LogP contribution in [0.3, 0.4) is 0 Å². The number of rotatable bonds is 2. The monoisotopic (exact) mass is 170 g/mol. The topological polar surface area (TPSA) is 34.9 Å². The van der Waals surface area contributed by atoms with Crippen molar-refractivity contribution in [3.63, 3.8) is 0 Å². The Morgan fingerprint density at radius 3 is 3.09 bits per heavy atom. The lowest BCUT2D eigenvalue weighted by Crippen LogP contribution is -2.20. The molecule has 0 aromatic carbocycles. The van der Waals surface area contributed by atoms with Gasteiger partial charge in [0.1, 0.15) is 0 Å². The third kappa shape index (κ3) is 1.83. The van der Waals surface area contributed by atoms with Crippen LogP contribution in [0.1, 0.15) is 13.3 Å². The number of aryl methyl sites for hydroxylation is 1. The lowest BCUT2D eigenvalue weighted by Gasteiger charge is -2.01. The molecule has 1 rings (SSSR count). The molecule has 0 radical (unpaired) electrons. The maximum absolute atomic E-state index is 11.2. The van der Waals surface area contributed by atoms with Crippen LogP contribution in [0.15, 0.2) is 22.2 Å². The van der Waals surface area contributed by atoms with E-state index in [1.165, 1.54) is 0 Å². The van der Waals surface area contributed by atoms with E-state index in [0.717, 1.165) is 13.0 Å². The molecule has 0 fully saturated rings. The number of thiol groups is 1. The van der Waals surface area contributed by atoms with Crippen LogP contribution in [-0.2, 0) is 6.54 Å². The molecule has 11 heavy (non-hydrogen) atoms. The zero-order valence-electron chi connectivity index (χ0n) is 6.32. The Morgan fingerprint density at radius 1 is 1.73 bits per heavy atom. The molecule has 1 aromatic heterocycles. The zero-order chi connectivity index (χ0) is 8.27. The van der Waals surface area contributed by atoms with E-state index in [1.807, 2.05) is 6.92 Å². The van der Waals surface area contributed by atoms with Crippen molar-refractivity contribution in [1.82, 2.24) is 9.55 Å². The van der Waals surface area contributed by atoms with Crippen molar-refractivity contribution in [2.45, 2.75) is 24.9 Å². The van der Waals surface area contributed by atoms with Crippen LogP contribution < -0.4 is 5.56 Å². The highest BCUT2D eigenvalue weighted by Gasteiger charge is 1.97. The van der Waals surface area contributed by atoms with Gasteiger partial charge in [-0.05, 0) is 6.42 Å². The average Bonchev–Trinajstić information content (AvgIpc) is 1.99. The Hall–Kier alpha value is -0.770. The summed E-state index contributed by atoms with van der Waals surface area (Å²) in [6.07, 6.45) is 4.20. The Labute approximate surface area is 70.5 Å². The van der Waals surface area contributed by atoms with Gasteiger partial charge in [0.25, 0.3) is 5.56 Å². The van der Waals surface area contributed by atoms with Gasteiger partial charge in [0, 0.05) is 18.9 Å². The van der Waals surface area contributed by atoms with Gasteiger partial charge in [-0.2, -0.15) is 0 Å². The molecule has 1 aromatic rings. The number of hydrogen-bond acceptors (Lipinski definition) is 3. The van der Waals surface area contributed by atoms with Crippen molar-refractivity contribution in [3.05, 3.63) is 22.7 Å². The molecule has 4 heteroatoms. The molecule has 0 aliphatic rings. The van der Waals surface area contributed by atoms with Gasteiger partial charge in [-0.1, -0.05) is 6.92 Å². The third-order valence-electron chi connectivity index (χ3n) is 1.36. The first-order chi connectivity index (χ1) is 5.25. The van der Waals surface area contributed by atoms with Crippen LogP contribution >= 0.6 is 12.6 Å². The second-order valence-electron chi connectivity index (χ2n) is 2.25. The van der Waals surface area contributed by atoms with Gasteiger partial charge in [0.05, 0.1) is 0 Å². The normalized spacial score (nSPS) is 10.0. The summed E-state index contributed by atoms with van der Waals surface area (Å²) < 4.78 is 1.61. The molecule has 0 spiro atoms. The molecule has 3 nitrogen and oxygen atoms in total. The summed E-state index contributed by atoms with van der Waals surface area (Å²) in [4.78, 5) is 14.9. The molecule has 0 saturated heterocycles. The van der Waals surface area contributed by atoms with E-state index in [2.05, 4.69) is 17.6 Å². The molecule has 60 valence electrons. The predicted octanol–water partition coefficient (Wildman–Crippen LogP) is 0.942. The largest absolute Gasteiger partial charge is 0.312 e. The standard InChI is InChI=1S/C7H10N2OS/c1-2-4-9-5-3-8-6(11)7(9)10/h3,5H,2,4H2,1H3,(H,8,11). The van der Waals surface area contributed by atoms with Crippen LogP contribution in [-0.4, -0.2) is 9.55 Å². The minimum Gasteiger partial charge on any atom is -0.312 e. The van der Waals surface area contributed by atoms with E-state index in [0.29, 0.717) is 0 Å². The maximum Gasteiger partial charge on any atom is 0.282 e. The van der Waals surface area contributed by atoms with Gasteiger partial charge < -0.3 is 4.57 Å². The minimum atomic E-state index is -0.113. The quantitative estimate of drug-likeness (QED) is 0.670. The molecule has 1 heterocycles. The molecule has 0 N–H and O–H groups in total. The molecule has 0 unspecified atom stereocenters. The van der Waals surface area contributed by atoms with E-state index in [9.17, 15) is 4.79 Å². The number of hydrogen-bond donors (Lipinski definition) is 1. The minimum absolute atomic E-state index is 0.113. The van der Waals surface area contributed by atoms with Crippen LogP contribution in [0.4, 0.5) is 0 Å². The van der Waals surface area contributed by atoms with Gasteiger partial charge in [0.2, 0.25) is 0 Å². The van der Waals surface area contributed by atoms with Gasteiger partial charge in [-0.15, -0.1) is 12.6 Å². The molecular formula is C7H10N2OS. The van der Waals surface area contributed by atoms with Gasteiger partial charge in [0.15, 0.2) is 5.03 Å². The summed E-state index contributed by atoms with van der Waals surface area (Å²) in [6.45, 7) is 2.75. The average molecular weight is 170 g/mol. The first kappa shape index (κ1) is 8.33. The molecule has 0 bridgehead atoms. The smallest absolute Gasteiger partial charge is 0.282 e. The molecule has 0 saturated carbocycles. The SMILES string of the molecule is CCCn1ccnc(S)c1=O. The van der Waals surface area contributed by atoms with E-state index in [-0.39, 0.29) is 10.6 Å². The predicted molar refractivity (Wildman–Crippen MR) is 46.0 cm³/mol. The lowest BCUT2D eigenvalue weighted by atomic mass is 10.5. The first-order valence-corrected chi connectivity index (χ1v) is 3.95. The van der Waals surface area contributed by atoms with E-state index >= 15 is 0 Å². The van der Waals surface area contributed by atoms with E-state index in [4.69, 9.17) is 0 Å². The van der Waals surface area contributed by atoms with Crippen molar-refractivity contribution < 1.29 is 0 Å². The first-order valence-electron chi connectivity index (χ1n) is 3.50. The van der Waals surface area contributed by atoms with Crippen LogP contribution in [0.2, 0.25) is 0 Å². The number of nitrogens with zero attached hydrogens (tertiary/aromatic N) is 2. The van der Waals surface area contributed by atoms with Crippen LogP contribution in [0.25, 0.3) is 0 Å². The summed E-state index contributed by atoms with van der Waals surface area (Å²) in [5.74, 6) is 0. The molecule has 0 aliphatic carbocycles. The molecule has 0 aliphatic heterocycles. The Kier molecular flexibility index (Phi) is 2.70. The Morgan fingerprint density at radius 2 is 2.45 bits per heavy atom. The maximum atomic E-state index is 11.2. The third-order valence-corrected chi connectivity index (χ3v) is 1.67. The Bertz CT molecular complexity index is 295. The van der Waals surface area contributed by atoms with E-state index in [1.54, 1.807) is 17.0 Å². The summed E-state index contributed by atoms with van der Waals surface area (Å²) in [5.41, 5.74) is -0.113. The highest BCUT2D eigenvalue weighted by molar-refractivity contribution is 7.80. The van der Waals surface area contributed by atoms with Crippen molar-refractivity contribution in [1.29, 1.82) is 0 Å².